The SMILES string of the molecule is FC(F)Oc1ccc(Br)cc1OCC#CC1CC1. The zero-order chi connectivity index (χ0) is 13.0. The number of benzene rings is 1. The van der Waals surface area contributed by atoms with E-state index >= 15 is 0 Å². The van der Waals surface area contributed by atoms with Crippen LogP contribution in [0.4, 0.5) is 8.78 Å². The zero-order valence-corrected chi connectivity index (χ0v) is 11.0. The molecule has 0 aromatic heterocycles. The zero-order valence-electron chi connectivity index (χ0n) is 9.46. The highest BCUT2D eigenvalue weighted by atomic mass is 79.9. The molecule has 18 heavy (non-hydrogen) atoms. The van der Waals surface area contributed by atoms with E-state index in [1.807, 2.05) is 0 Å². The third kappa shape index (κ3) is 4.19. The summed E-state index contributed by atoms with van der Waals surface area (Å²) in [5.41, 5.74) is 0. The minimum absolute atomic E-state index is 0.0152. The van der Waals surface area contributed by atoms with Crippen LogP contribution >= 0.6 is 15.9 Å². The first-order valence-electron chi connectivity index (χ1n) is 5.50. The molecule has 1 saturated carbocycles. The largest absolute Gasteiger partial charge is 0.477 e. The second-order valence-corrected chi connectivity index (χ2v) is 4.77. The molecule has 0 atom stereocenters. The third-order valence-electron chi connectivity index (χ3n) is 2.31. The van der Waals surface area contributed by atoms with Crippen molar-refractivity contribution in [1.82, 2.24) is 0 Å². The van der Waals surface area contributed by atoms with E-state index in [0.717, 1.165) is 17.3 Å². The van der Waals surface area contributed by atoms with Gasteiger partial charge in [-0.2, -0.15) is 8.78 Å². The van der Waals surface area contributed by atoms with Gasteiger partial charge >= 0.3 is 6.61 Å². The number of hydrogen-bond acceptors (Lipinski definition) is 2. The molecule has 1 aromatic rings. The lowest BCUT2D eigenvalue weighted by atomic mass is 10.3. The molecule has 0 heterocycles. The summed E-state index contributed by atoms with van der Waals surface area (Å²) in [5, 5.41) is 0. The topological polar surface area (TPSA) is 18.5 Å². The van der Waals surface area contributed by atoms with Gasteiger partial charge in [-0.15, -0.1) is 0 Å². The second-order valence-electron chi connectivity index (χ2n) is 3.85. The molecule has 0 amide bonds. The molecule has 0 unspecified atom stereocenters. The van der Waals surface area contributed by atoms with Gasteiger partial charge in [0.15, 0.2) is 11.5 Å². The Labute approximate surface area is 112 Å². The molecule has 2 nitrogen and oxygen atoms in total. The van der Waals surface area contributed by atoms with Crippen LogP contribution in [0.5, 0.6) is 11.5 Å². The molecule has 96 valence electrons. The highest BCUT2D eigenvalue weighted by Gasteiger charge is 2.17. The van der Waals surface area contributed by atoms with Crippen LogP contribution in [0.3, 0.4) is 0 Å². The van der Waals surface area contributed by atoms with Gasteiger partial charge in [0, 0.05) is 10.4 Å². The van der Waals surface area contributed by atoms with E-state index in [2.05, 4.69) is 32.5 Å². The van der Waals surface area contributed by atoms with Gasteiger partial charge in [-0.3, -0.25) is 0 Å². The minimum atomic E-state index is -2.87. The number of ether oxygens (including phenoxy) is 2. The Morgan fingerprint density at radius 2 is 2.11 bits per heavy atom. The van der Waals surface area contributed by atoms with Crippen molar-refractivity contribution in [2.24, 2.45) is 5.92 Å². The number of rotatable bonds is 4. The van der Waals surface area contributed by atoms with E-state index in [1.54, 1.807) is 12.1 Å². The fourth-order valence-electron chi connectivity index (χ4n) is 1.32. The van der Waals surface area contributed by atoms with E-state index in [9.17, 15) is 8.78 Å². The van der Waals surface area contributed by atoms with E-state index in [0.29, 0.717) is 5.92 Å². The van der Waals surface area contributed by atoms with Gasteiger partial charge < -0.3 is 9.47 Å². The second kappa shape index (κ2) is 6.05. The first-order chi connectivity index (χ1) is 8.65. The molecule has 0 aliphatic heterocycles. The van der Waals surface area contributed by atoms with Crippen molar-refractivity contribution in [3.63, 3.8) is 0 Å². The maximum Gasteiger partial charge on any atom is 0.387 e. The normalized spacial score (nSPS) is 14.0. The van der Waals surface area contributed by atoms with Gasteiger partial charge in [-0.1, -0.05) is 27.8 Å². The van der Waals surface area contributed by atoms with Crippen LogP contribution in [-0.2, 0) is 0 Å². The first kappa shape index (κ1) is 13.2. The van der Waals surface area contributed by atoms with E-state index < -0.39 is 6.61 Å². The van der Waals surface area contributed by atoms with Crippen molar-refractivity contribution in [3.8, 4) is 23.3 Å². The molecule has 0 radical (unpaired) electrons. The Morgan fingerprint density at radius 3 is 2.78 bits per heavy atom. The third-order valence-corrected chi connectivity index (χ3v) is 2.80. The molecule has 0 saturated heterocycles. The minimum Gasteiger partial charge on any atom is -0.477 e. The van der Waals surface area contributed by atoms with Crippen LogP contribution in [0.25, 0.3) is 0 Å². The quantitative estimate of drug-likeness (QED) is 0.786. The van der Waals surface area contributed by atoms with Crippen molar-refractivity contribution >= 4 is 15.9 Å². The van der Waals surface area contributed by atoms with Crippen molar-refractivity contribution in [1.29, 1.82) is 0 Å². The average Bonchev–Trinajstić information content (AvgIpc) is 3.11. The van der Waals surface area contributed by atoms with E-state index in [-0.39, 0.29) is 18.1 Å². The summed E-state index contributed by atoms with van der Waals surface area (Å²) in [4.78, 5) is 0. The first-order valence-corrected chi connectivity index (χ1v) is 6.30. The van der Waals surface area contributed by atoms with Gasteiger partial charge in [0.25, 0.3) is 0 Å². The molecule has 1 aliphatic rings. The summed E-state index contributed by atoms with van der Waals surface area (Å²) in [6.07, 6.45) is 2.28. The van der Waals surface area contributed by atoms with Crippen molar-refractivity contribution in [2.45, 2.75) is 19.5 Å². The molecule has 0 N–H and O–H groups in total. The molecule has 1 fully saturated rings. The summed E-state index contributed by atoms with van der Waals surface area (Å²) in [5.74, 6) is 6.66. The van der Waals surface area contributed by atoms with Crippen LogP contribution in [0.1, 0.15) is 12.8 Å². The van der Waals surface area contributed by atoms with Crippen molar-refractivity contribution in [2.75, 3.05) is 6.61 Å². The lowest BCUT2D eigenvalue weighted by molar-refractivity contribution is -0.0513. The van der Waals surface area contributed by atoms with Crippen LogP contribution in [0, 0.1) is 17.8 Å². The van der Waals surface area contributed by atoms with E-state index in [4.69, 9.17) is 4.74 Å². The van der Waals surface area contributed by atoms with Gasteiger partial charge in [0.2, 0.25) is 0 Å². The summed E-state index contributed by atoms with van der Waals surface area (Å²) in [6, 6.07) is 4.62. The number of hydrogen-bond donors (Lipinski definition) is 0. The predicted octanol–water partition coefficient (Wildman–Crippen LogP) is 3.84. The molecular weight excluding hydrogens is 306 g/mol. The molecular formula is C13H11BrF2O2. The lowest BCUT2D eigenvalue weighted by Gasteiger charge is -2.10. The Morgan fingerprint density at radius 1 is 1.33 bits per heavy atom. The summed E-state index contributed by atoms with van der Waals surface area (Å²) < 4.78 is 34.8. The molecule has 5 heteroatoms. The van der Waals surface area contributed by atoms with Gasteiger partial charge in [-0.25, -0.2) is 0 Å². The van der Waals surface area contributed by atoms with Crippen LogP contribution < -0.4 is 9.47 Å². The maximum absolute atomic E-state index is 12.2. The number of alkyl halides is 2. The Bertz CT molecular complexity index is 476. The highest BCUT2D eigenvalue weighted by molar-refractivity contribution is 9.10. The van der Waals surface area contributed by atoms with Gasteiger partial charge in [0.1, 0.15) is 6.61 Å². The van der Waals surface area contributed by atoms with Crippen LogP contribution in [0.2, 0.25) is 0 Å². The van der Waals surface area contributed by atoms with Crippen molar-refractivity contribution < 1.29 is 18.3 Å². The monoisotopic (exact) mass is 316 g/mol. The van der Waals surface area contributed by atoms with Crippen LogP contribution in [0.15, 0.2) is 22.7 Å². The lowest BCUT2D eigenvalue weighted by Crippen LogP contribution is -2.04. The van der Waals surface area contributed by atoms with E-state index in [1.165, 1.54) is 6.07 Å². The molecule has 2 rings (SSSR count). The predicted molar refractivity (Wildman–Crippen MR) is 66.8 cm³/mol. The summed E-state index contributed by atoms with van der Waals surface area (Å²) in [6.45, 7) is -2.70. The Balaban J connectivity index is 1.99. The molecule has 1 aromatic carbocycles. The van der Waals surface area contributed by atoms with Gasteiger partial charge in [-0.05, 0) is 31.0 Å². The summed E-state index contributed by atoms with van der Waals surface area (Å²) >= 11 is 3.25. The van der Waals surface area contributed by atoms with Crippen molar-refractivity contribution in [3.05, 3.63) is 22.7 Å². The maximum atomic E-state index is 12.2. The summed E-state index contributed by atoms with van der Waals surface area (Å²) in [7, 11) is 0. The molecule has 1 aliphatic carbocycles. The fourth-order valence-corrected chi connectivity index (χ4v) is 1.66. The Kier molecular flexibility index (Phi) is 4.43. The smallest absolute Gasteiger partial charge is 0.387 e. The average molecular weight is 317 g/mol. The van der Waals surface area contributed by atoms with Crippen LogP contribution in [-0.4, -0.2) is 13.2 Å². The molecule has 0 spiro atoms. The Hall–Kier alpha value is -1.28. The fraction of sp³-hybridized carbons (Fsp3) is 0.385. The van der Waals surface area contributed by atoms with Gasteiger partial charge in [0.05, 0.1) is 0 Å². The number of halogens is 3. The standard InChI is InChI=1S/C13H11BrF2O2/c14-10-5-6-11(18-13(15)16)12(8-10)17-7-1-2-9-3-4-9/h5-6,8-9,13H,3-4,7H2. The highest BCUT2D eigenvalue weighted by Crippen LogP contribution is 2.31. The molecule has 0 bridgehead atoms.